The van der Waals surface area contributed by atoms with Crippen LogP contribution in [0.4, 0.5) is 5.69 Å². The van der Waals surface area contributed by atoms with Gasteiger partial charge in [0, 0.05) is 18.1 Å². The molecular formula is C21H17N3OS. The van der Waals surface area contributed by atoms with Crippen LogP contribution in [-0.2, 0) is 4.79 Å². The van der Waals surface area contributed by atoms with E-state index in [9.17, 15) is 4.79 Å². The molecule has 1 amide bonds. The molecule has 2 heterocycles. The molecule has 0 spiro atoms. The van der Waals surface area contributed by atoms with Crippen LogP contribution in [0.1, 0.15) is 11.1 Å². The summed E-state index contributed by atoms with van der Waals surface area (Å²) in [6.45, 7) is 2.08. The van der Waals surface area contributed by atoms with Crippen LogP contribution in [0.15, 0.2) is 83.0 Å². The predicted octanol–water partition coefficient (Wildman–Crippen LogP) is 4.68. The van der Waals surface area contributed by atoms with E-state index in [1.54, 1.807) is 0 Å². The molecule has 1 aromatic heterocycles. The molecule has 0 bridgehead atoms. The van der Waals surface area contributed by atoms with Crippen molar-refractivity contribution < 1.29 is 4.79 Å². The van der Waals surface area contributed by atoms with Crippen molar-refractivity contribution in [2.45, 2.75) is 6.92 Å². The van der Waals surface area contributed by atoms with Crippen molar-refractivity contribution in [1.29, 1.82) is 0 Å². The third-order valence-electron chi connectivity index (χ3n) is 4.05. The Morgan fingerprint density at radius 2 is 1.81 bits per heavy atom. The Morgan fingerprint density at radius 3 is 2.58 bits per heavy atom. The highest BCUT2D eigenvalue weighted by atomic mass is 32.2. The van der Waals surface area contributed by atoms with Crippen molar-refractivity contribution in [3.05, 3.63) is 89.1 Å². The number of aliphatic imine (C=N–C) groups is 1. The summed E-state index contributed by atoms with van der Waals surface area (Å²) in [5, 5.41) is 3.43. The van der Waals surface area contributed by atoms with Gasteiger partial charge in [0.2, 0.25) is 0 Å². The lowest BCUT2D eigenvalue weighted by molar-refractivity contribution is -0.115. The third-order valence-corrected chi connectivity index (χ3v) is 4.96. The Hall–Kier alpha value is -3.05. The maximum Gasteiger partial charge on any atom is 0.264 e. The molecule has 1 fully saturated rings. The number of carbonyl (C=O) groups excluding carboxylic acids is 1. The first-order valence-electron chi connectivity index (χ1n) is 8.28. The molecule has 2 aromatic carbocycles. The number of nitrogens with zero attached hydrogens (tertiary/aromatic N) is 2. The average Bonchev–Trinajstić information content (AvgIpc) is 3.28. The zero-order chi connectivity index (χ0) is 17.9. The number of hydrogen-bond acceptors (Lipinski definition) is 3. The number of aryl methyl sites for hydroxylation is 1. The van der Waals surface area contributed by atoms with Crippen molar-refractivity contribution in [2.75, 3.05) is 0 Å². The molecule has 1 aliphatic rings. The molecule has 0 unspecified atom stereocenters. The van der Waals surface area contributed by atoms with Crippen molar-refractivity contribution in [2.24, 2.45) is 4.99 Å². The minimum Gasteiger partial charge on any atom is -0.324 e. The highest BCUT2D eigenvalue weighted by molar-refractivity contribution is 8.18. The first-order valence-corrected chi connectivity index (χ1v) is 9.09. The van der Waals surface area contributed by atoms with E-state index in [0.29, 0.717) is 10.1 Å². The molecule has 0 aliphatic carbocycles. The molecule has 26 heavy (non-hydrogen) atoms. The van der Waals surface area contributed by atoms with Crippen LogP contribution in [0.3, 0.4) is 0 Å². The molecule has 3 aromatic rings. The van der Waals surface area contributed by atoms with Crippen molar-refractivity contribution >= 4 is 34.6 Å². The third kappa shape index (κ3) is 3.48. The van der Waals surface area contributed by atoms with E-state index in [0.717, 1.165) is 16.9 Å². The van der Waals surface area contributed by atoms with Gasteiger partial charge in [-0.2, -0.15) is 0 Å². The summed E-state index contributed by atoms with van der Waals surface area (Å²) in [5.41, 5.74) is 4.09. The van der Waals surface area contributed by atoms with E-state index < -0.39 is 0 Å². The fourth-order valence-corrected chi connectivity index (χ4v) is 3.58. The van der Waals surface area contributed by atoms with Gasteiger partial charge in [-0.05, 0) is 66.2 Å². The Balaban J connectivity index is 1.62. The highest BCUT2D eigenvalue weighted by Gasteiger charge is 2.23. The van der Waals surface area contributed by atoms with Gasteiger partial charge < -0.3 is 9.88 Å². The molecule has 128 valence electrons. The maximum atomic E-state index is 12.3. The maximum absolute atomic E-state index is 12.3. The first kappa shape index (κ1) is 16.4. The molecular weight excluding hydrogens is 342 g/mol. The van der Waals surface area contributed by atoms with Gasteiger partial charge in [-0.15, -0.1) is 0 Å². The molecule has 1 saturated heterocycles. The minimum atomic E-state index is -0.118. The number of amidine groups is 1. The SMILES string of the molecule is Cc1ccc(C=C2SC(=Nc3ccccc3)NC2=O)cc1-n1cccc1. The lowest BCUT2D eigenvalue weighted by atomic mass is 10.1. The van der Waals surface area contributed by atoms with Gasteiger partial charge in [0.25, 0.3) is 5.91 Å². The van der Waals surface area contributed by atoms with E-state index >= 15 is 0 Å². The van der Waals surface area contributed by atoms with E-state index in [1.165, 1.54) is 17.3 Å². The Labute approximate surface area is 156 Å². The summed E-state index contributed by atoms with van der Waals surface area (Å²) in [5.74, 6) is -0.118. The number of benzene rings is 2. The Kier molecular flexibility index (Phi) is 4.46. The molecule has 4 nitrogen and oxygen atoms in total. The monoisotopic (exact) mass is 359 g/mol. The average molecular weight is 359 g/mol. The summed E-state index contributed by atoms with van der Waals surface area (Å²) >= 11 is 1.36. The summed E-state index contributed by atoms with van der Waals surface area (Å²) < 4.78 is 2.07. The van der Waals surface area contributed by atoms with Crippen LogP contribution in [0.5, 0.6) is 0 Å². The van der Waals surface area contributed by atoms with E-state index in [1.807, 2.05) is 67.0 Å². The quantitative estimate of drug-likeness (QED) is 0.690. The van der Waals surface area contributed by atoms with Gasteiger partial charge >= 0.3 is 0 Å². The summed E-state index contributed by atoms with van der Waals surface area (Å²) in [7, 11) is 0. The van der Waals surface area contributed by atoms with Gasteiger partial charge in [0.05, 0.1) is 10.6 Å². The summed E-state index contributed by atoms with van der Waals surface area (Å²) in [6, 6.07) is 19.8. The number of nitrogens with one attached hydrogen (secondary N) is 1. The number of thioether (sulfide) groups is 1. The Bertz CT molecular complexity index is 1010. The molecule has 0 radical (unpaired) electrons. The fourth-order valence-electron chi connectivity index (χ4n) is 2.74. The summed E-state index contributed by atoms with van der Waals surface area (Å²) in [6.07, 6.45) is 5.93. The topological polar surface area (TPSA) is 46.4 Å². The van der Waals surface area contributed by atoms with Gasteiger partial charge in [0.1, 0.15) is 0 Å². The number of carbonyl (C=O) groups is 1. The van der Waals surface area contributed by atoms with Crippen LogP contribution < -0.4 is 5.32 Å². The first-order chi connectivity index (χ1) is 12.7. The second kappa shape index (κ2) is 7.06. The molecule has 1 N–H and O–H groups in total. The molecule has 0 saturated carbocycles. The van der Waals surface area contributed by atoms with Gasteiger partial charge in [-0.3, -0.25) is 4.79 Å². The number of hydrogen-bond donors (Lipinski definition) is 1. The zero-order valence-electron chi connectivity index (χ0n) is 14.2. The smallest absolute Gasteiger partial charge is 0.264 e. The van der Waals surface area contributed by atoms with Crippen LogP contribution in [0, 0.1) is 6.92 Å². The molecule has 1 aliphatic heterocycles. The molecule has 5 heteroatoms. The second-order valence-electron chi connectivity index (χ2n) is 5.95. The van der Waals surface area contributed by atoms with Crippen LogP contribution in [0.25, 0.3) is 11.8 Å². The molecule has 0 atom stereocenters. The van der Waals surface area contributed by atoms with Gasteiger partial charge in [-0.1, -0.05) is 30.3 Å². The minimum absolute atomic E-state index is 0.118. The number of rotatable bonds is 3. The highest BCUT2D eigenvalue weighted by Crippen LogP contribution is 2.28. The lowest BCUT2D eigenvalue weighted by Gasteiger charge is -2.08. The lowest BCUT2D eigenvalue weighted by Crippen LogP contribution is -2.19. The van der Waals surface area contributed by atoms with Gasteiger partial charge in [0.15, 0.2) is 5.17 Å². The number of aromatic nitrogens is 1. The normalized spacial score (nSPS) is 17.0. The van der Waals surface area contributed by atoms with Crippen molar-refractivity contribution in [1.82, 2.24) is 9.88 Å². The largest absolute Gasteiger partial charge is 0.324 e. The summed E-state index contributed by atoms with van der Waals surface area (Å²) in [4.78, 5) is 17.4. The van der Waals surface area contributed by atoms with Crippen LogP contribution >= 0.6 is 11.8 Å². The van der Waals surface area contributed by atoms with Crippen molar-refractivity contribution in [3.8, 4) is 5.69 Å². The van der Waals surface area contributed by atoms with E-state index in [2.05, 4.69) is 33.9 Å². The van der Waals surface area contributed by atoms with Crippen molar-refractivity contribution in [3.63, 3.8) is 0 Å². The standard InChI is InChI=1S/C21H17N3OS/c1-15-9-10-16(13-18(15)24-11-5-6-12-24)14-19-20(25)23-21(26-19)22-17-7-3-2-4-8-17/h2-14H,1H3,(H,22,23,25). The number of amides is 1. The van der Waals surface area contributed by atoms with Crippen LogP contribution in [-0.4, -0.2) is 15.6 Å². The predicted molar refractivity (Wildman–Crippen MR) is 108 cm³/mol. The fraction of sp³-hybridized carbons (Fsp3) is 0.0476. The Morgan fingerprint density at radius 1 is 1.04 bits per heavy atom. The second-order valence-corrected chi connectivity index (χ2v) is 6.98. The number of para-hydroxylation sites is 1. The van der Waals surface area contributed by atoms with E-state index in [4.69, 9.17) is 0 Å². The molecule has 4 rings (SSSR count). The zero-order valence-corrected chi connectivity index (χ0v) is 15.0. The van der Waals surface area contributed by atoms with E-state index in [-0.39, 0.29) is 5.91 Å². The van der Waals surface area contributed by atoms with Crippen LogP contribution in [0.2, 0.25) is 0 Å². The van der Waals surface area contributed by atoms with Gasteiger partial charge in [-0.25, -0.2) is 4.99 Å².